The first-order valence-electron chi connectivity index (χ1n) is 5.82. The molecule has 3 aromatic rings. The van der Waals surface area contributed by atoms with Crippen molar-refractivity contribution in [2.75, 3.05) is 5.32 Å². The Kier molecular flexibility index (Phi) is 3.43. The number of aryl methyl sites for hydroxylation is 1. The van der Waals surface area contributed by atoms with Gasteiger partial charge in [-0.1, -0.05) is 11.3 Å². The van der Waals surface area contributed by atoms with Crippen LogP contribution in [0, 0.1) is 18.6 Å². The van der Waals surface area contributed by atoms with E-state index in [1.54, 1.807) is 12.1 Å². The smallest absolute Gasteiger partial charge is 0.188 e. The number of hydrogen-bond donors (Lipinski definition) is 1. The third-order valence-corrected chi connectivity index (χ3v) is 4.40. The predicted molar refractivity (Wildman–Crippen MR) is 81.7 cm³/mol. The molecule has 0 fully saturated rings. The van der Waals surface area contributed by atoms with Gasteiger partial charge < -0.3 is 5.32 Å². The minimum Gasteiger partial charge on any atom is -0.331 e. The maximum absolute atomic E-state index is 13.6. The zero-order valence-corrected chi connectivity index (χ0v) is 12.8. The lowest BCUT2D eigenvalue weighted by Gasteiger charge is -2.07. The van der Waals surface area contributed by atoms with Gasteiger partial charge in [-0.15, -0.1) is 0 Å². The number of rotatable bonds is 2. The molecule has 0 saturated heterocycles. The van der Waals surface area contributed by atoms with E-state index in [1.807, 2.05) is 6.92 Å². The largest absolute Gasteiger partial charge is 0.331 e. The number of nitrogens with zero attached hydrogens (tertiary/aromatic N) is 1. The standard InChI is InChI=1S/C14H9BrF2N2S/c1-7-4-9(15)10(17)6-12(7)19-14-18-11-3-2-8(16)5-13(11)20-14/h2-6H,1H3,(H,18,19). The fourth-order valence-electron chi connectivity index (χ4n) is 1.85. The Hall–Kier alpha value is -1.53. The van der Waals surface area contributed by atoms with E-state index in [4.69, 9.17) is 0 Å². The molecule has 0 radical (unpaired) electrons. The van der Waals surface area contributed by atoms with Crippen molar-refractivity contribution in [3.05, 3.63) is 52.0 Å². The molecule has 0 saturated carbocycles. The summed E-state index contributed by atoms with van der Waals surface area (Å²) in [5.41, 5.74) is 2.25. The van der Waals surface area contributed by atoms with Gasteiger partial charge in [0.25, 0.3) is 0 Å². The van der Waals surface area contributed by atoms with Crippen molar-refractivity contribution in [1.29, 1.82) is 0 Å². The Bertz CT molecular complexity index is 801. The molecule has 1 aromatic heterocycles. The van der Waals surface area contributed by atoms with Gasteiger partial charge in [0.1, 0.15) is 11.6 Å². The van der Waals surface area contributed by atoms with Crippen molar-refractivity contribution >= 4 is 48.3 Å². The van der Waals surface area contributed by atoms with E-state index in [1.165, 1.54) is 29.5 Å². The monoisotopic (exact) mass is 354 g/mol. The highest BCUT2D eigenvalue weighted by atomic mass is 79.9. The van der Waals surface area contributed by atoms with E-state index in [0.717, 1.165) is 10.3 Å². The van der Waals surface area contributed by atoms with Gasteiger partial charge in [0.2, 0.25) is 0 Å². The van der Waals surface area contributed by atoms with Crippen LogP contribution in [0.25, 0.3) is 10.2 Å². The molecule has 2 nitrogen and oxygen atoms in total. The summed E-state index contributed by atoms with van der Waals surface area (Å²) >= 11 is 4.47. The average Bonchev–Trinajstić information content (AvgIpc) is 2.77. The fraction of sp³-hybridized carbons (Fsp3) is 0.0714. The Morgan fingerprint density at radius 3 is 2.80 bits per heavy atom. The highest BCUT2D eigenvalue weighted by Gasteiger charge is 2.09. The van der Waals surface area contributed by atoms with Crippen molar-refractivity contribution in [3.63, 3.8) is 0 Å². The number of halogens is 3. The topological polar surface area (TPSA) is 24.9 Å². The molecule has 3 rings (SSSR count). The molecule has 2 aromatic carbocycles. The first-order chi connectivity index (χ1) is 9.52. The van der Waals surface area contributed by atoms with Gasteiger partial charge in [0, 0.05) is 5.69 Å². The van der Waals surface area contributed by atoms with Gasteiger partial charge in [0.05, 0.1) is 14.7 Å². The molecule has 0 amide bonds. The van der Waals surface area contributed by atoms with Crippen molar-refractivity contribution in [3.8, 4) is 0 Å². The van der Waals surface area contributed by atoms with E-state index in [9.17, 15) is 8.78 Å². The van der Waals surface area contributed by atoms with Gasteiger partial charge in [-0.05, 0) is 58.7 Å². The Labute approximate surface area is 126 Å². The number of hydrogen-bond acceptors (Lipinski definition) is 3. The molecule has 0 atom stereocenters. The Balaban J connectivity index is 1.99. The zero-order valence-electron chi connectivity index (χ0n) is 10.4. The van der Waals surface area contributed by atoms with E-state index >= 15 is 0 Å². The van der Waals surface area contributed by atoms with Crippen LogP contribution in [0.3, 0.4) is 0 Å². The van der Waals surface area contributed by atoms with Gasteiger partial charge in [-0.25, -0.2) is 13.8 Å². The molecule has 0 aliphatic heterocycles. The molecule has 1 heterocycles. The maximum atomic E-state index is 13.6. The summed E-state index contributed by atoms with van der Waals surface area (Å²) in [5.74, 6) is -0.635. The average molecular weight is 355 g/mol. The van der Waals surface area contributed by atoms with E-state index in [2.05, 4.69) is 26.2 Å². The van der Waals surface area contributed by atoms with E-state index < -0.39 is 0 Å². The van der Waals surface area contributed by atoms with Crippen LogP contribution < -0.4 is 5.32 Å². The van der Waals surface area contributed by atoms with Crippen LogP contribution in [0.5, 0.6) is 0 Å². The highest BCUT2D eigenvalue weighted by Crippen LogP contribution is 2.31. The molecular weight excluding hydrogens is 346 g/mol. The normalized spacial score (nSPS) is 11.0. The minimum absolute atomic E-state index is 0.293. The zero-order chi connectivity index (χ0) is 14.3. The lowest BCUT2D eigenvalue weighted by atomic mass is 10.2. The van der Waals surface area contributed by atoms with Gasteiger partial charge >= 0.3 is 0 Å². The molecular formula is C14H9BrF2N2S. The van der Waals surface area contributed by atoms with Gasteiger partial charge in [-0.2, -0.15) is 0 Å². The Morgan fingerprint density at radius 2 is 2.00 bits per heavy atom. The van der Waals surface area contributed by atoms with Crippen molar-refractivity contribution in [2.45, 2.75) is 6.92 Å². The van der Waals surface area contributed by atoms with Gasteiger partial charge in [0.15, 0.2) is 5.13 Å². The van der Waals surface area contributed by atoms with Crippen LogP contribution in [-0.2, 0) is 0 Å². The lowest BCUT2D eigenvalue weighted by molar-refractivity contribution is 0.621. The first kappa shape index (κ1) is 13.5. The molecule has 102 valence electrons. The summed E-state index contributed by atoms with van der Waals surface area (Å²) in [5, 5.41) is 3.68. The van der Waals surface area contributed by atoms with Crippen molar-refractivity contribution in [2.24, 2.45) is 0 Å². The third kappa shape index (κ3) is 2.53. The molecule has 1 N–H and O–H groups in total. The highest BCUT2D eigenvalue weighted by molar-refractivity contribution is 9.10. The van der Waals surface area contributed by atoms with Crippen LogP contribution in [0.4, 0.5) is 19.6 Å². The molecule has 0 aliphatic carbocycles. The summed E-state index contributed by atoms with van der Waals surface area (Å²) in [6, 6.07) is 7.54. The number of fused-ring (bicyclic) bond motifs is 1. The number of aromatic nitrogens is 1. The maximum Gasteiger partial charge on any atom is 0.188 e. The second kappa shape index (κ2) is 5.10. The SMILES string of the molecule is Cc1cc(Br)c(F)cc1Nc1nc2ccc(F)cc2s1. The number of nitrogens with one attached hydrogen (secondary N) is 1. The quantitative estimate of drug-likeness (QED) is 0.667. The first-order valence-corrected chi connectivity index (χ1v) is 7.42. The van der Waals surface area contributed by atoms with Crippen LogP contribution >= 0.6 is 27.3 Å². The van der Waals surface area contributed by atoms with Crippen molar-refractivity contribution < 1.29 is 8.78 Å². The molecule has 0 spiro atoms. The number of benzene rings is 2. The number of anilines is 2. The summed E-state index contributed by atoms with van der Waals surface area (Å²) in [6.45, 7) is 1.87. The molecule has 0 aliphatic rings. The van der Waals surface area contributed by atoms with Crippen molar-refractivity contribution in [1.82, 2.24) is 4.98 Å². The minimum atomic E-state index is -0.342. The summed E-state index contributed by atoms with van der Waals surface area (Å²) in [6.07, 6.45) is 0. The summed E-state index contributed by atoms with van der Waals surface area (Å²) in [4.78, 5) is 4.35. The van der Waals surface area contributed by atoms with Crippen LogP contribution in [0.15, 0.2) is 34.8 Å². The van der Waals surface area contributed by atoms with E-state index in [0.29, 0.717) is 20.8 Å². The van der Waals surface area contributed by atoms with Crippen LogP contribution in [-0.4, -0.2) is 4.98 Å². The fourth-order valence-corrected chi connectivity index (χ4v) is 3.21. The second-order valence-electron chi connectivity index (χ2n) is 4.34. The van der Waals surface area contributed by atoms with Crippen LogP contribution in [0.1, 0.15) is 5.56 Å². The third-order valence-electron chi connectivity index (χ3n) is 2.86. The summed E-state index contributed by atoms with van der Waals surface area (Å²) in [7, 11) is 0. The predicted octanol–water partition coefficient (Wildman–Crippen LogP) is 5.39. The summed E-state index contributed by atoms with van der Waals surface area (Å²) < 4.78 is 27.9. The molecule has 0 bridgehead atoms. The van der Waals surface area contributed by atoms with Gasteiger partial charge in [-0.3, -0.25) is 0 Å². The number of thiazole rings is 1. The Morgan fingerprint density at radius 1 is 1.20 bits per heavy atom. The molecule has 0 unspecified atom stereocenters. The lowest BCUT2D eigenvalue weighted by Crippen LogP contribution is -1.94. The van der Waals surface area contributed by atoms with E-state index in [-0.39, 0.29) is 11.6 Å². The van der Waals surface area contributed by atoms with Crippen LogP contribution in [0.2, 0.25) is 0 Å². The second-order valence-corrected chi connectivity index (χ2v) is 6.22. The molecule has 6 heteroatoms. The molecule has 20 heavy (non-hydrogen) atoms.